The number of nitrogens with two attached hydrogens (primary N) is 1. The number of rotatable bonds is 1. The molecular weight excluding hydrogens is 610 g/mol. The predicted molar refractivity (Wildman–Crippen MR) is 181 cm³/mol. The number of hydrogen-bond acceptors (Lipinski definition) is 7. The van der Waals surface area contributed by atoms with Crippen LogP contribution in [-0.2, 0) is 26.1 Å². The molecule has 3 amide bonds. The van der Waals surface area contributed by atoms with E-state index in [-0.39, 0.29) is 11.8 Å². The van der Waals surface area contributed by atoms with Crippen molar-refractivity contribution in [2.45, 2.75) is 72.0 Å². The van der Waals surface area contributed by atoms with E-state index in [2.05, 4.69) is 25.9 Å². The van der Waals surface area contributed by atoms with Crippen LogP contribution < -0.4 is 16.4 Å². The molecule has 0 spiro atoms. The van der Waals surface area contributed by atoms with Crippen LogP contribution in [0.3, 0.4) is 0 Å². The van der Waals surface area contributed by atoms with Gasteiger partial charge in [-0.1, -0.05) is 18.6 Å². The highest BCUT2D eigenvalue weighted by Gasteiger charge is 2.22. The molecule has 48 heavy (non-hydrogen) atoms. The SMILES string of the molecule is Cc1cc2n(n1)CCCCCc1c(n[nH]c1C)C(=O)Nc1nc3cc(C(N)=O)ccc3n1CCCCn1c(nc3ccccc31)NC2=O. The molecule has 1 aliphatic heterocycles. The summed E-state index contributed by atoms with van der Waals surface area (Å²) >= 11 is 0. The van der Waals surface area contributed by atoms with Crippen molar-refractivity contribution < 1.29 is 14.4 Å². The predicted octanol–water partition coefficient (Wildman–Crippen LogP) is 4.73. The molecule has 2 aromatic carbocycles. The minimum atomic E-state index is -0.552. The van der Waals surface area contributed by atoms with Gasteiger partial charge >= 0.3 is 0 Å². The molecule has 0 saturated heterocycles. The molecule has 0 radical (unpaired) electrons. The average Bonchev–Trinajstić information content (AvgIpc) is 3.81. The van der Waals surface area contributed by atoms with E-state index in [9.17, 15) is 14.4 Å². The van der Waals surface area contributed by atoms with Crippen LogP contribution in [-0.4, -0.2) is 56.8 Å². The number of nitrogens with zero attached hydrogens (tertiary/aromatic N) is 7. The van der Waals surface area contributed by atoms with Gasteiger partial charge in [-0.25, -0.2) is 9.97 Å². The van der Waals surface area contributed by atoms with Crippen LogP contribution in [0.2, 0.25) is 0 Å². The Morgan fingerprint density at radius 1 is 0.792 bits per heavy atom. The lowest BCUT2D eigenvalue weighted by Gasteiger charge is -2.13. The highest BCUT2D eigenvalue weighted by Crippen LogP contribution is 2.25. The Kier molecular flexibility index (Phi) is 8.21. The molecule has 4 aromatic heterocycles. The molecule has 0 bridgehead atoms. The molecule has 5 N–H and O–H groups in total. The number of anilines is 2. The van der Waals surface area contributed by atoms with Gasteiger partial charge in [0.2, 0.25) is 17.8 Å². The highest BCUT2D eigenvalue weighted by molar-refractivity contribution is 6.04. The number of para-hydroxylation sites is 2. The fraction of sp³-hybridized carbons (Fsp3) is 0.324. The van der Waals surface area contributed by atoms with Gasteiger partial charge in [0.25, 0.3) is 11.8 Å². The van der Waals surface area contributed by atoms with Crippen LogP contribution in [0.15, 0.2) is 48.5 Å². The number of imidazole rings is 2. The smallest absolute Gasteiger partial charge is 0.278 e. The molecule has 0 atom stereocenters. The molecule has 0 saturated carbocycles. The van der Waals surface area contributed by atoms with E-state index in [4.69, 9.17) is 15.7 Å². The summed E-state index contributed by atoms with van der Waals surface area (Å²) in [5.41, 5.74) is 12.2. The van der Waals surface area contributed by atoms with Gasteiger partial charge in [-0.05, 0) is 82.3 Å². The van der Waals surface area contributed by atoms with Crippen molar-refractivity contribution in [1.82, 2.24) is 39.1 Å². The molecule has 7 rings (SSSR count). The Labute approximate surface area is 275 Å². The largest absolute Gasteiger partial charge is 0.366 e. The number of amides is 3. The fourth-order valence-corrected chi connectivity index (χ4v) is 6.45. The summed E-state index contributed by atoms with van der Waals surface area (Å²) in [7, 11) is 0. The standard InChI is InChI=1S/C34H37N11O3/c1-20-18-28-31(47)38-33-36-24-11-5-6-12-26(24)43(33)15-8-9-16-44-27-14-13-22(30(35)46)19-25(27)37-34(44)39-32(48)29-23(21(2)40-41-29)10-4-3-7-17-45(28)42-20/h5-6,11-14,18-19H,3-4,7-10,15-17H2,1-2H3,(H2,35,46)(H,40,41)(H,36,38,47)(H,37,39,48). The Morgan fingerprint density at radius 2 is 1.48 bits per heavy atom. The first-order valence-corrected chi connectivity index (χ1v) is 16.2. The minimum absolute atomic E-state index is 0.258. The van der Waals surface area contributed by atoms with E-state index in [0.29, 0.717) is 66.8 Å². The first kappa shape index (κ1) is 30.8. The number of carbonyl (C=O) groups excluding carboxylic acids is 3. The topological polar surface area (TPSA) is 183 Å². The van der Waals surface area contributed by atoms with Crippen molar-refractivity contribution in [3.8, 4) is 0 Å². The quantitative estimate of drug-likeness (QED) is 0.199. The first-order chi connectivity index (χ1) is 23.3. The third-order valence-electron chi connectivity index (χ3n) is 8.87. The Hall–Kier alpha value is -5.79. The summed E-state index contributed by atoms with van der Waals surface area (Å²) in [6, 6.07) is 14.7. The molecule has 6 aromatic rings. The fourth-order valence-electron chi connectivity index (χ4n) is 6.45. The third kappa shape index (κ3) is 5.92. The van der Waals surface area contributed by atoms with Gasteiger partial charge in [0.15, 0.2) is 5.69 Å². The van der Waals surface area contributed by atoms with Crippen molar-refractivity contribution in [1.29, 1.82) is 0 Å². The average molecular weight is 648 g/mol. The lowest BCUT2D eigenvalue weighted by Crippen LogP contribution is -2.20. The number of aromatic amines is 1. The summed E-state index contributed by atoms with van der Waals surface area (Å²) < 4.78 is 5.73. The lowest BCUT2D eigenvalue weighted by atomic mass is 10.0. The maximum absolute atomic E-state index is 13.7. The van der Waals surface area contributed by atoms with Crippen molar-refractivity contribution in [3.05, 3.63) is 82.4 Å². The molecule has 246 valence electrons. The van der Waals surface area contributed by atoms with Crippen molar-refractivity contribution >= 4 is 51.7 Å². The van der Waals surface area contributed by atoms with Gasteiger partial charge in [-0.3, -0.25) is 34.8 Å². The van der Waals surface area contributed by atoms with Crippen molar-refractivity contribution in [3.63, 3.8) is 0 Å². The van der Waals surface area contributed by atoms with Crippen LogP contribution >= 0.6 is 0 Å². The second kappa shape index (κ2) is 12.8. The van der Waals surface area contributed by atoms with Crippen LogP contribution in [0.25, 0.3) is 22.1 Å². The van der Waals surface area contributed by atoms with Gasteiger partial charge in [0.05, 0.1) is 27.8 Å². The van der Waals surface area contributed by atoms with Gasteiger partial charge in [-0.2, -0.15) is 10.2 Å². The van der Waals surface area contributed by atoms with E-state index in [1.807, 2.05) is 47.2 Å². The number of fused-ring (bicyclic) bond motifs is 8. The number of primary amides is 1. The number of nitrogens with one attached hydrogen (secondary N) is 3. The monoisotopic (exact) mass is 647 g/mol. The Bertz CT molecular complexity index is 2180. The molecular formula is C34H37N11O3. The van der Waals surface area contributed by atoms with Gasteiger partial charge < -0.3 is 14.9 Å². The Balaban J connectivity index is 1.24. The van der Waals surface area contributed by atoms with Gasteiger partial charge in [0.1, 0.15) is 5.69 Å². The second-order valence-corrected chi connectivity index (χ2v) is 12.2. The summed E-state index contributed by atoms with van der Waals surface area (Å²) in [6.07, 6.45) is 4.58. The number of aryl methyl sites for hydroxylation is 5. The maximum atomic E-state index is 13.7. The van der Waals surface area contributed by atoms with E-state index >= 15 is 0 Å². The second-order valence-electron chi connectivity index (χ2n) is 12.2. The highest BCUT2D eigenvalue weighted by atomic mass is 16.2. The zero-order valence-electron chi connectivity index (χ0n) is 26.9. The van der Waals surface area contributed by atoms with E-state index in [1.165, 1.54) is 0 Å². The van der Waals surface area contributed by atoms with Crippen molar-refractivity contribution in [2.24, 2.45) is 5.73 Å². The number of H-pyrrole nitrogens is 1. The molecule has 5 heterocycles. The normalized spacial score (nSPS) is 15.1. The summed E-state index contributed by atoms with van der Waals surface area (Å²) in [4.78, 5) is 48.7. The number of benzene rings is 2. The van der Waals surface area contributed by atoms with E-state index in [0.717, 1.165) is 59.2 Å². The number of hydrogen-bond donors (Lipinski definition) is 4. The molecule has 0 unspecified atom stereocenters. The number of carbonyl (C=O) groups is 3. The molecule has 1 aliphatic rings. The minimum Gasteiger partial charge on any atom is -0.366 e. The van der Waals surface area contributed by atoms with Crippen molar-refractivity contribution in [2.75, 3.05) is 10.6 Å². The lowest BCUT2D eigenvalue weighted by molar-refractivity contribution is 0.0995. The maximum Gasteiger partial charge on any atom is 0.278 e. The summed E-state index contributed by atoms with van der Waals surface area (Å²) in [6.45, 7) is 5.49. The molecule has 14 nitrogen and oxygen atoms in total. The van der Waals surface area contributed by atoms with E-state index < -0.39 is 5.91 Å². The van der Waals surface area contributed by atoms with E-state index in [1.54, 1.807) is 28.9 Å². The van der Waals surface area contributed by atoms with Crippen LogP contribution in [0, 0.1) is 13.8 Å². The zero-order valence-corrected chi connectivity index (χ0v) is 26.9. The van der Waals surface area contributed by atoms with Crippen LogP contribution in [0.1, 0.15) is 80.4 Å². The molecule has 0 fully saturated rings. The summed E-state index contributed by atoms with van der Waals surface area (Å²) in [5, 5.41) is 18.0. The molecule has 14 heteroatoms. The van der Waals surface area contributed by atoms with Crippen LogP contribution in [0.4, 0.5) is 11.9 Å². The third-order valence-corrected chi connectivity index (χ3v) is 8.87. The van der Waals surface area contributed by atoms with Gasteiger partial charge in [0, 0.05) is 36.5 Å². The van der Waals surface area contributed by atoms with Crippen LogP contribution in [0.5, 0.6) is 0 Å². The van der Waals surface area contributed by atoms with Gasteiger partial charge in [-0.15, -0.1) is 0 Å². The zero-order chi connectivity index (χ0) is 33.4. The Morgan fingerprint density at radius 3 is 2.25 bits per heavy atom. The number of aromatic nitrogens is 8. The summed E-state index contributed by atoms with van der Waals surface area (Å²) in [5.74, 6) is -0.334. The first-order valence-electron chi connectivity index (χ1n) is 16.2. The molecule has 0 aliphatic carbocycles.